The van der Waals surface area contributed by atoms with E-state index in [1.807, 2.05) is 0 Å². The van der Waals surface area contributed by atoms with Gasteiger partial charge in [-0.25, -0.2) is 0 Å². The third-order valence-corrected chi connectivity index (χ3v) is 4.20. The average molecular weight is 195 g/mol. The van der Waals surface area contributed by atoms with E-state index in [2.05, 4.69) is 5.32 Å². The Hall–Kier alpha value is -0.0400. The van der Waals surface area contributed by atoms with Crippen molar-refractivity contribution in [2.24, 2.45) is 11.8 Å². The van der Waals surface area contributed by atoms with Gasteiger partial charge >= 0.3 is 0 Å². The fourth-order valence-corrected chi connectivity index (χ4v) is 3.27. The van der Waals surface area contributed by atoms with Gasteiger partial charge in [-0.2, -0.15) is 0 Å². The van der Waals surface area contributed by atoms with Gasteiger partial charge in [-0.05, 0) is 37.8 Å². The van der Waals surface area contributed by atoms with E-state index in [1.54, 1.807) is 0 Å². The minimum atomic E-state index is 1.06. The van der Waals surface area contributed by atoms with E-state index in [4.69, 9.17) is 0 Å². The highest BCUT2D eigenvalue weighted by Gasteiger charge is 2.23. The first-order chi connectivity index (χ1) is 6.97. The third kappa shape index (κ3) is 2.98. The molecule has 0 radical (unpaired) electrons. The lowest BCUT2D eigenvalue weighted by molar-refractivity contribution is 0.216. The van der Waals surface area contributed by atoms with Crippen LogP contribution in [0.1, 0.15) is 57.8 Å². The van der Waals surface area contributed by atoms with E-state index in [0.29, 0.717) is 0 Å². The SMILES string of the molecule is C1CCCC(C2CCNCC2)CCC1. The van der Waals surface area contributed by atoms with E-state index in [9.17, 15) is 0 Å². The number of nitrogens with one attached hydrogen (secondary N) is 1. The Balaban J connectivity index is 1.80. The monoisotopic (exact) mass is 195 g/mol. The van der Waals surface area contributed by atoms with Crippen LogP contribution in [-0.2, 0) is 0 Å². The van der Waals surface area contributed by atoms with E-state index in [1.165, 1.54) is 70.9 Å². The molecular formula is C13H25N. The molecule has 14 heavy (non-hydrogen) atoms. The maximum absolute atomic E-state index is 3.48. The Kier molecular flexibility index (Phi) is 4.30. The van der Waals surface area contributed by atoms with E-state index in [-0.39, 0.29) is 0 Å². The van der Waals surface area contributed by atoms with E-state index < -0.39 is 0 Å². The maximum Gasteiger partial charge on any atom is -0.00462 e. The van der Waals surface area contributed by atoms with Crippen LogP contribution in [0.15, 0.2) is 0 Å². The molecule has 2 fully saturated rings. The molecule has 0 amide bonds. The highest BCUT2D eigenvalue weighted by Crippen LogP contribution is 2.32. The van der Waals surface area contributed by atoms with Crippen molar-refractivity contribution in [1.82, 2.24) is 5.32 Å². The topological polar surface area (TPSA) is 12.0 Å². The third-order valence-electron chi connectivity index (χ3n) is 4.20. The zero-order valence-corrected chi connectivity index (χ0v) is 9.43. The number of hydrogen-bond acceptors (Lipinski definition) is 1. The first kappa shape index (κ1) is 10.5. The summed E-state index contributed by atoms with van der Waals surface area (Å²) >= 11 is 0. The molecule has 1 nitrogen and oxygen atoms in total. The van der Waals surface area contributed by atoms with Crippen LogP contribution in [0.5, 0.6) is 0 Å². The fraction of sp³-hybridized carbons (Fsp3) is 1.00. The molecule has 1 heteroatoms. The number of piperidine rings is 1. The van der Waals surface area contributed by atoms with Gasteiger partial charge in [-0.1, -0.05) is 44.9 Å². The van der Waals surface area contributed by atoms with Crippen molar-refractivity contribution in [3.05, 3.63) is 0 Å². The van der Waals surface area contributed by atoms with Gasteiger partial charge < -0.3 is 5.32 Å². The summed E-state index contributed by atoms with van der Waals surface area (Å²) in [5.74, 6) is 2.15. The summed E-state index contributed by atoms with van der Waals surface area (Å²) in [5.41, 5.74) is 0. The summed E-state index contributed by atoms with van der Waals surface area (Å²) in [4.78, 5) is 0. The summed E-state index contributed by atoms with van der Waals surface area (Å²) in [7, 11) is 0. The van der Waals surface area contributed by atoms with E-state index >= 15 is 0 Å². The van der Waals surface area contributed by atoms with Gasteiger partial charge in [0.15, 0.2) is 0 Å². The van der Waals surface area contributed by atoms with Crippen LogP contribution in [0.25, 0.3) is 0 Å². The van der Waals surface area contributed by atoms with Crippen LogP contribution < -0.4 is 5.32 Å². The average Bonchev–Trinajstić information content (AvgIpc) is 2.18. The second kappa shape index (κ2) is 5.75. The number of rotatable bonds is 1. The molecule has 1 aliphatic carbocycles. The minimum absolute atomic E-state index is 1.06. The molecule has 0 aromatic heterocycles. The van der Waals surface area contributed by atoms with Crippen LogP contribution in [-0.4, -0.2) is 13.1 Å². The van der Waals surface area contributed by atoms with Gasteiger partial charge in [0.1, 0.15) is 0 Å². The molecule has 1 saturated carbocycles. The summed E-state index contributed by atoms with van der Waals surface area (Å²) in [6.07, 6.45) is 13.5. The molecule has 2 rings (SSSR count). The van der Waals surface area contributed by atoms with Gasteiger partial charge in [0.2, 0.25) is 0 Å². The van der Waals surface area contributed by atoms with Crippen molar-refractivity contribution in [1.29, 1.82) is 0 Å². The van der Waals surface area contributed by atoms with E-state index in [0.717, 1.165) is 11.8 Å². The van der Waals surface area contributed by atoms with Crippen LogP contribution >= 0.6 is 0 Å². The Morgan fingerprint density at radius 1 is 0.571 bits per heavy atom. The van der Waals surface area contributed by atoms with Gasteiger partial charge in [-0.3, -0.25) is 0 Å². The van der Waals surface area contributed by atoms with Gasteiger partial charge in [0.25, 0.3) is 0 Å². The summed E-state index contributed by atoms with van der Waals surface area (Å²) < 4.78 is 0. The van der Waals surface area contributed by atoms with Crippen molar-refractivity contribution in [2.45, 2.75) is 57.8 Å². The second-order valence-corrected chi connectivity index (χ2v) is 5.19. The molecule has 1 saturated heterocycles. The molecule has 0 spiro atoms. The molecule has 0 bridgehead atoms. The molecule has 0 unspecified atom stereocenters. The Morgan fingerprint density at radius 3 is 1.71 bits per heavy atom. The predicted octanol–water partition coefficient (Wildman–Crippen LogP) is 3.35. The van der Waals surface area contributed by atoms with Crippen LogP contribution in [0.4, 0.5) is 0 Å². The van der Waals surface area contributed by atoms with Crippen molar-refractivity contribution < 1.29 is 0 Å². The predicted molar refractivity (Wildman–Crippen MR) is 61.4 cm³/mol. The molecule has 1 aliphatic heterocycles. The normalized spacial score (nSPS) is 28.3. The highest BCUT2D eigenvalue weighted by atomic mass is 14.9. The smallest absolute Gasteiger partial charge is 0.00462 e. The highest BCUT2D eigenvalue weighted by molar-refractivity contribution is 4.77. The Labute approximate surface area is 88.7 Å². The summed E-state index contributed by atoms with van der Waals surface area (Å²) in [5, 5.41) is 3.48. The van der Waals surface area contributed by atoms with Crippen LogP contribution in [0.2, 0.25) is 0 Å². The number of hydrogen-bond donors (Lipinski definition) is 1. The molecule has 0 aromatic rings. The van der Waals surface area contributed by atoms with Crippen LogP contribution in [0.3, 0.4) is 0 Å². The summed E-state index contributed by atoms with van der Waals surface area (Å²) in [6.45, 7) is 2.56. The lowest BCUT2D eigenvalue weighted by Crippen LogP contribution is -2.31. The van der Waals surface area contributed by atoms with Gasteiger partial charge in [-0.15, -0.1) is 0 Å². The molecule has 1 heterocycles. The van der Waals surface area contributed by atoms with Gasteiger partial charge in [0.05, 0.1) is 0 Å². The fourth-order valence-electron chi connectivity index (χ4n) is 3.27. The second-order valence-electron chi connectivity index (χ2n) is 5.19. The zero-order valence-electron chi connectivity index (χ0n) is 9.43. The lowest BCUT2D eigenvalue weighted by Gasteiger charge is -2.32. The molecular weight excluding hydrogens is 170 g/mol. The molecule has 1 N–H and O–H groups in total. The molecule has 82 valence electrons. The first-order valence-corrected chi connectivity index (χ1v) is 6.67. The Bertz CT molecular complexity index is 141. The molecule has 0 aromatic carbocycles. The van der Waals surface area contributed by atoms with Crippen molar-refractivity contribution >= 4 is 0 Å². The Morgan fingerprint density at radius 2 is 1.07 bits per heavy atom. The molecule has 2 aliphatic rings. The van der Waals surface area contributed by atoms with Crippen LogP contribution in [0, 0.1) is 11.8 Å². The van der Waals surface area contributed by atoms with Crippen molar-refractivity contribution in [3.8, 4) is 0 Å². The standard InChI is InChI=1S/C13H25N/c1-2-4-6-12(7-5-3-1)13-8-10-14-11-9-13/h12-14H,1-11H2. The molecule has 0 atom stereocenters. The lowest BCUT2D eigenvalue weighted by atomic mass is 9.77. The van der Waals surface area contributed by atoms with Crippen molar-refractivity contribution in [3.63, 3.8) is 0 Å². The zero-order chi connectivity index (χ0) is 9.64. The van der Waals surface area contributed by atoms with Gasteiger partial charge in [0, 0.05) is 0 Å². The maximum atomic E-state index is 3.48. The first-order valence-electron chi connectivity index (χ1n) is 6.67. The minimum Gasteiger partial charge on any atom is -0.317 e. The van der Waals surface area contributed by atoms with Crippen molar-refractivity contribution in [2.75, 3.05) is 13.1 Å². The quantitative estimate of drug-likeness (QED) is 0.676. The summed E-state index contributed by atoms with van der Waals surface area (Å²) in [6, 6.07) is 0. The largest absolute Gasteiger partial charge is 0.317 e.